The molecule has 0 fully saturated rings. The van der Waals surface area contributed by atoms with Crippen LogP contribution in [0.5, 0.6) is 11.5 Å². The summed E-state index contributed by atoms with van der Waals surface area (Å²) < 4.78 is 12.9. The van der Waals surface area contributed by atoms with Crippen molar-refractivity contribution in [1.82, 2.24) is 19.5 Å². The molecule has 0 spiro atoms. The lowest BCUT2D eigenvalue weighted by Gasteiger charge is -2.25. The number of hydrogen-bond donors (Lipinski definition) is 1. The van der Waals surface area contributed by atoms with Gasteiger partial charge >= 0.3 is 0 Å². The molecular formula is C18H20N4O3. The smallest absolute Gasteiger partial charge is 0.272 e. The highest BCUT2D eigenvalue weighted by atomic mass is 16.6. The van der Waals surface area contributed by atoms with Gasteiger partial charge in [-0.15, -0.1) is 0 Å². The van der Waals surface area contributed by atoms with Gasteiger partial charge in [-0.05, 0) is 12.6 Å². The van der Waals surface area contributed by atoms with E-state index in [9.17, 15) is 4.79 Å². The highest BCUT2D eigenvalue weighted by Gasteiger charge is 2.17. The number of ether oxygens (including phenoxy) is 2. The van der Waals surface area contributed by atoms with Gasteiger partial charge in [0.15, 0.2) is 17.1 Å². The van der Waals surface area contributed by atoms with E-state index in [1.807, 2.05) is 18.2 Å². The molecule has 0 atom stereocenters. The van der Waals surface area contributed by atoms with Gasteiger partial charge in [0.1, 0.15) is 13.2 Å². The number of hydrogen-bond acceptors (Lipinski definition) is 5. The predicted molar refractivity (Wildman–Crippen MR) is 93.0 cm³/mol. The molecule has 1 aromatic carbocycles. The Hall–Kier alpha value is -2.80. The summed E-state index contributed by atoms with van der Waals surface area (Å²) in [6.07, 6.45) is 1.71. The van der Waals surface area contributed by atoms with Gasteiger partial charge in [0, 0.05) is 37.0 Å². The molecule has 3 heterocycles. The summed E-state index contributed by atoms with van der Waals surface area (Å²) in [5, 5.41) is 2.85. The molecule has 0 unspecified atom stereocenters. The number of aromatic nitrogens is 3. The standard InChI is InChI=1S/C18H20N4O3/c1-2-21(11-13-4-3-5-15-18(13)25-9-8-24-15)12-14-10-17(23)22-16(20-14)6-7-19-22/h3-7,10,19H,2,8-9,11-12H2,1H3. The first kappa shape index (κ1) is 15.7. The fourth-order valence-corrected chi connectivity index (χ4v) is 3.07. The molecule has 3 aromatic rings. The maximum absolute atomic E-state index is 12.1. The molecule has 0 aliphatic carbocycles. The highest BCUT2D eigenvalue weighted by Crippen LogP contribution is 2.34. The van der Waals surface area contributed by atoms with Gasteiger partial charge in [-0.1, -0.05) is 19.1 Å². The van der Waals surface area contributed by atoms with E-state index >= 15 is 0 Å². The summed E-state index contributed by atoms with van der Waals surface area (Å²) in [4.78, 5) is 18.9. The van der Waals surface area contributed by atoms with Crippen LogP contribution >= 0.6 is 0 Å². The molecule has 0 saturated carbocycles. The van der Waals surface area contributed by atoms with Crippen molar-refractivity contribution in [2.75, 3.05) is 19.8 Å². The minimum atomic E-state index is -0.102. The molecule has 2 aromatic heterocycles. The summed E-state index contributed by atoms with van der Waals surface area (Å²) in [7, 11) is 0. The lowest BCUT2D eigenvalue weighted by Crippen LogP contribution is -2.26. The first-order valence-electron chi connectivity index (χ1n) is 8.40. The molecule has 4 rings (SSSR count). The summed E-state index contributed by atoms with van der Waals surface area (Å²) in [6.45, 7) is 5.37. The Balaban J connectivity index is 1.57. The quantitative estimate of drug-likeness (QED) is 0.767. The van der Waals surface area contributed by atoms with Crippen molar-refractivity contribution in [2.45, 2.75) is 20.0 Å². The fourth-order valence-electron chi connectivity index (χ4n) is 3.07. The topological polar surface area (TPSA) is 71.9 Å². The third kappa shape index (κ3) is 3.10. The van der Waals surface area contributed by atoms with E-state index in [1.54, 1.807) is 18.3 Å². The van der Waals surface area contributed by atoms with Crippen LogP contribution < -0.4 is 15.0 Å². The Morgan fingerprint density at radius 1 is 1.24 bits per heavy atom. The van der Waals surface area contributed by atoms with Gasteiger partial charge in [-0.2, -0.15) is 0 Å². The van der Waals surface area contributed by atoms with Crippen molar-refractivity contribution in [3.63, 3.8) is 0 Å². The van der Waals surface area contributed by atoms with Crippen molar-refractivity contribution in [2.24, 2.45) is 0 Å². The molecule has 1 N–H and O–H groups in total. The zero-order valence-corrected chi connectivity index (χ0v) is 14.1. The maximum atomic E-state index is 12.1. The first-order valence-corrected chi connectivity index (χ1v) is 8.40. The lowest BCUT2D eigenvalue weighted by atomic mass is 10.1. The Kier molecular flexibility index (Phi) is 4.15. The SMILES string of the molecule is CCN(Cc1cc(=O)n2[nH]ccc2n1)Cc1cccc2c1OCCO2. The van der Waals surface area contributed by atoms with Crippen molar-refractivity contribution in [3.8, 4) is 11.5 Å². The van der Waals surface area contributed by atoms with Gasteiger partial charge in [0.2, 0.25) is 0 Å². The van der Waals surface area contributed by atoms with Crippen molar-refractivity contribution >= 4 is 5.65 Å². The number of fused-ring (bicyclic) bond motifs is 2. The Morgan fingerprint density at radius 3 is 3.00 bits per heavy atom. The van der Waals surface area contributed by atoms with Crippen LogP contribution in [0.3, 0.4) is 0 Å². The van der Waals surface area contributed by atoms with E-state index in [0.717, 1.165) is 29.3 Å². The Labute approximate surface area is 144 Å². The average molecular weight is 340 g/mol. The second-order valence-corrected chi connectivity index (χ2v) is 5.99. The van der Waals surface area contributed by atoms with E-state index in [1.165, 1.54) is 4.52 Å². The van der Waals surface area contributed by atoms with Crippen LogP contribution in [0.25, 0.3) is 5.65 Å². The molecule has 0 saturated heterocycles. The number of benzene rings is 1. The van der Waals surface area contributed by atoms with Crippen LogP contribution in [0.15, 0.2) is 41.3 Å². The Morgan fingerprint density at radius 2 is 2.12 bits per heavy atom. The Bertz CT molecular complexity index is 947. The molecule has 0 radical (unpaired) electrons. The van der Waals surface area contributed by atoms with E-state index in [-0.39, 0.29) is 5.56 Å². The summed E-state index contributed by atoms with van der Waals surface area (Å²) in [6, 6.07) is 9.32. The van der Waals surface area contributed by atoms with E-state index < -0.39 is 0 Å². The summed E-state index contributed by atoms with van der Waals surface area (Å²) in [5.41, 5.74) is 2.37. The fraction of sp³-hybridized carbons (Fsp3) is 0.333. The van der Waals surface area contributed by atoms with Gasteiger partial charge in [-0.3, -0.25) is 14.8 Å². The van der Waals surface area contributed by atoms with Crippen LogP contribution in [0.2, 0.25) is 0 Å². The molecule has 7 nitrogen and oxygen atoms in total. The number of nitrogens with zero attached hydrogens (tertiary/aromatic N) is 3. The van der Waals surface area contributed by atoms with Crippen molar-refractivity contribution < 1.29 is 9.47 Å². The van der Waals surface area contributed by atoms with E-state index in [2.05, 4.69) is 21.9 Å². The van der Waals surface area contributed by atoms with Gasteiger partial charge in [-0.25, -0.2) is 9.50 Å². The third-order valence-corrected chi connectivity index (χ3v) is 4.31. The molecule has 1 aliphatic heterocycles. The molecule has 25 heavy (non-hydrogen) atoms. The van der Waals surface area contributed by atoms with Crippen LogP contribution in [0, 0.1) is 0 Å². The molecular weight excluding hydrogens is 320 g/mol. The molecule has 1 aliphatic rings. The average Bonchev–Trinajstić information content (AvgIpc) is 3.10. The van der Waals surface area contributed by atoms with Crippen LogP contribution in [-0.4, -0.2) is 39.3 Å². The highest BCUT2D eigenvalue weighted by molar-refractivity contribution is 5.47. The largest absolute Gasteiger partial charge is 0.486 e. The summed E-state index contributed by atoms with van der Waals surface area (Å²) in [5.74, 6) is 1.62. The second-order valence-electron chi connectivity index (χ2n) is 5.99. The zero-order chi connectivity index (χ0) is 17.2. The monoisotopic (exact) mass is 340 g/mol. The normalized spacial score (nSPS) is 13.5. The number of rotatable bonds is 5. The van der Waals surface area contributed by atoms with E-state index in [4.69, 9.17) is 9.47 Å². The first-order chi connectivity index (χ1) is 12.2. The lowest BCUT2D eigenvalue weighted by molar-refractivity contribution is 0.166. The molecule has 7 heteroatoms. The molecule has 0 amide bonds. The number of para-hydroxylation sites is 1. The maximum Gasteiger partial charge on any atom is 0.272 e. The second kappa shape index (κ2) is 6.60. The summed E-state index contributed by atoms with van der Waals surface area (Å²) >= 11 is 0. The van der Waals surface area contributed by atoms with Gasteiger partial charge < -0.3 is 9.47 Å². The van der Waals surface area contributed by atoms with Crippen LogP contribution in [0.4, 0.5) is 0 Å². The van der Waals surface area contributed by atoms with E-state index in [0.29, 0.717) is 32.0 Å². The van der Waals surface area contributed by atoms with Crippen molar-refractivity contribution in [3.05, 3.63) is 58.1 Å². The zero-order valence-electron chi connectivity index (χ0n) is 14.1. The predicted octanol–water partition coefficient (Wildman–Crippen LogP) is 1.82. The third-order valence-electron chi connectivity index (χ3n) is 4.31. The van der Waals surface area contributed by atoms with Gasteiger partial charge in [0.25, 0.3) is 5.56 Å². The van der Waals surface area contributed by atoms with Gasteiger partial charge in [0.05, 0.1) is 5.69 Å². The molecule has 0 bridgehead atoms. The van der Waals surface area contributed by atoms with Crippen LogP contribution in [0.1, 0.15) is 18.2 Å². The minimum absolute atomic E-state index is 0.102. The van der Waals surface area contributed by atoms with Crippen molar-refractivity contribution in [1.29, 1.82) is 0 Å². The minimum Gasteiger partial charge on any atom is -0.486 e. The number of aromatic amines is 1. The van der Waals surface area contributed by atoms with Crippen LogP contribution in [-0.2, 0) is 13.1 Å². The number of H-pyrrole nitrogens is 1. The number of nitrogens with one attached hydrogen (secondary N) is 1. The molecule has 130 valence electrons.